The van der Waals surface area contributed by atoms with Gasteiger partial charge in [-0.15, -0.1) is 11.3 Å². The van der Waals surface area contributed by atoms with Gasteiger partial charge in [-0.2, -0.15) is 0 Å². The summed E-state index contributed by atoms with van der Waals surface area (Å²) in [7, 11) is 0. The van der Waals surface area contributed by atoms with Crippen molar-refractivity contribution in [1.29, 1.82) is 0 Å². The summed E-state index contributed by atoms with van der Waals surface area (Å²) in [4.78, 5) is 16.7. The van der Waals surface area contributed by atoms with Crippen molar-refractivity contribution < 1.29 is 9.90 Å². The topological polar surface area (TPSA) is 62.2 Å². The maximum absolute atomic E-state index is 12.2. The lowest BCUT2D eigenvalue weighted by Crippen LogP contribution is -2.45. The lowest BCUT2D eigenvalue weighted by Gasteiger charge is -2.33. The van der Waals surface area contributed by atoms with Gasteiger partial charge in [0.15, 0.2) is 0 Å². The second kappa shape index (κ2) is 5.82. The van der Waals surface area contributed by atoms with Gasteiger partial charge in [-0.05, 0) is 33.6 Å². The van der Waals surface area contributed by atoms with E-state index in [0.717, 1.165) is 42.8 Å². The lowest BCUT2D eigenvalue weighted by molar-refractivity contribution is -0.129. The molecule has 0 aliphatic heterocycles. The van der Waals surface area contributed by atoms with Gasteiger partial charge in [0, 0.05) is 11.1 Å². The monoisotopic (exact) mass is 296 g/mol. The summed E-state index contributed by atoms with van der Waals surface area (Å²) in [6.45, 7) is 5.85. The number of rotatable bonds is 4. The Hall–Kier alpha value is -0.940. The predicted molar refractivity (Wildman–Crippen MR) is 80.7 cm³/mol. The molecule has 1 saturated carbocycles. The van der Waals surface area contributed by atoms with Crippen LogP contribution in [-0.4, -0.2) is 21.6 Å². The minimum absolute atomic E-state index is 0.0905. The molecule has 5 heteroatoms. The number of hydrogen-bond acceptors (Lipinski definition) is 4. The first-order chi connectivity index (χ1) is 9.31. The van der Waals surface area contributed by atoms with E-state index in [4.69, 9.17) is 0 Å². The van der Waals surface area contributed by atoms with Crippen molar-refractivity contribution in [2.75, 3.05) is 0 Å². The van der Waals surface area contributed by atoms with Gasteiger partial charge in [-0.3, -0.25) is 4.79 Å². The molecule has 112 valence electrons. The molecule has 0 unspecified atom stereocenters. The van der Waals surface area contributed by atoms with Gasteiger partial charge >= 0.3 is 0 Å². The van der Waals surface area contributed by atoms with Crippen LogP contribution in [0.25, 0.3) is 0 Å². The van der Waals surface area contributed by atoms with Crippen LogP contribution in [0.1, 0.15) is 63.1 Å². The molecule has 20 heavy (non-hydrogen) atoms. The highest BCUT2D eigenvalue weighted by Crippen LogP contribution is 2.31. The highest BCUT2D eigenvalue weighted by Gasteiger charge is 2.34. The van der Waals surface area contributed by atoms with E-state index in [0.29, 0.717) is 0 Å². The SMILES string of the molecule is Cc1csc(C(C)(C)NC(=O)CC2(O)CCCCC2)n1. The van der Waals surface area contributed by atoms with Gasteiger partial charge in [-0.25, -0.2) is 4.98 Å². The summed E-state index contributed by atoms with van der Waals surface area (Å²) in [6.07, 6.45) is 4.85. The van der Waals surface area contributed by atoms with E-state index in [1.54, 1.807) is 11.3 Å². The van der Waals surface area contributed by atoms with Crippen LogP contribution in [0.2, 0.25) is 0 Å². The number of carbonyl (C=O) groups is 1. The van der Waals surface area contributed by atoms with Gasteiger partial charge < -0.3 is 10.4 Å². The van der Waals surface area contributed by atoms with Crippen molar-refractivity contribution in [3.63, 3.8) is 0 Å². The molecule has 1 amide bonds. The number of hydrogen-bond donors (Lipinski definition) is 2. The molecule has 0 aromatic carbocycles. The van der Waals surface area contributed by atoms with Crippen molar-refractivity contribution in [3.8, 4) is 0 Å². The van der Waals surface area contributed by atoms with Crippen molar-refractivity contribution >= 4 is 17.2 Å². The van der Waals surface area contributed by atoms with Crippen LogP contribution < -0.4 is 5.32 Å². The summed E-state index contributed by atoms with van der Waals surface area (Å²) in [5.74, 6) is -0.0905. The van der Waals surface area contributed by atoms with Crippen LogP contribution >= 0.6 is 11.3 Å². The Kier molecular flexibility index (Phi) is 4.49. The molecule has 1 fully saturated rings. The van der Waals surface area contributed by atoms with Crippen LogP contribution in [0.3, 0.4) is 0 Å². The fourth-order valence-corrected chi connectivity index (χ4v) is 3.65. The molecule has 0 radical (unpaired) electrons. The van der Waals surface area contributed by atoms with E-state index in [1.807, 2.05) is 26.2 Å². The van der Waals surface area contributed by atoms with Gasteiger partial charge in [0.1, 0.15) is 5.01 Å². The number of nitrogens with one attached hydrogen (secondary N) is 1. The summed E-state index contributed by atoms with van der Waals surface area (Å²) < 4.78 is 0. The molecule has 0 saturated heterocycles. The van der Waals surface area contributed by atoms with Crippen molar-refractivity contribution in [1.82, 2.24) is 10.3 Å². The van der Waals surface area contributed by atoms with Crippen LogP contribution in [0.4, 0.5) is 0 Å². The zero-order valence-electron chi connectivity index (χ0n) is 12.5. The molecule has 1 aliphatic rings. The fraction of sp³-hybridized carbons (Fsp3) is 0.733. The number of carbonyl (C=O) groups excluding carboxylic acids is 1. The molecule has 2 N–H and O–H groups in total. The molecule has 1 aliphatic carbocycles. The Balaban J connectivity index is 1.96. The standard InChI is InChI=1S/C15H24N2O2S/c1-11-10-20-13(16-11)14(2,3)17-12(18)9-15(19)7-5-4-6-8-15/h10,19H,4-9H2,1-3H3,(H,17,18). The highest BCUT2D eigenvalue weighted by atomic mass is 32.1. The summed E-state index contributed by atoms with van der Waals surface area (Å²) in [5, 5.41) is 16.3. The van der Waals surface area contributed by atoms with Gasteiger partial charge in [-0.1, -0.05) is 19.3 Å². The average Bonchev–Trinajstić information content (AvgIpc) is 2.76. The summed E-state index contributed by atoms with van der Waals surface area (Å²) in [5.41, 5.74) is -0.323. The van der Waals surface area contributed by atoms with Crippen molar-refractivity contribution in [2.24, 2.45) is 0 Å². The van der Waals surface area contributed by atoms with Crippen molar-refractivity contribution in [3.05, 3.63) is 16.1 Å². The Morgan fingerprint density at radius 1 is 1.45 bits per heavy atom. The molecular weight excluding hydrogens is 272 g/mol. The minimum Gasteiger partial charge on any atom is -0.389 e. The second-order valence-electron chi connectivity index (χ2n) is 6.43. The van der Waals surface area contributed by atoms with Gasteiger partial charge in [0.2, 0.25) is 5.91 Å². The zero-order chi connectivity index (χ0) is 14.8. The van der Waals surface area contributed by atoms with E-state index in [9.17, 15) is 9.90 Å². The minimum atomic E-state index is -0.808. The number of thiazole rings is 1. The predicted octanol–water partition coefficient (Wildman–Crippen LogP) is 2.89. The molecule has 4 nitrogen and oxygen atoms in total. The van der Waals surface area contributed by atoms with Crippen LogP contribution in [0.5, 0.6) is 0 Å². The van der Waals surface area contributed by atoms with E-state index < -0.39 is 11.1 Å². The molecular formula is C15H24N2O2S. The average molecular weight is 296 g/mol. The number of amides is 1. The van der Waals surface area contributed by atoms with E-state index in [1.165, 1.54) is 0 Å². The van der Waals surface area contributed by atoms with Crippen LogP contribution in [0, 0.1) is 6.92 Å². The maximum Gasteiger partial charge on any atom is 0.223 e. The third kappa shape index (κ3) is 3.79. The Morgan fingerprint density at radius 3 is 2.65 bits per heavy atom. The number of nitrogens with zero attached hydrogens (tertiary/aromatic N) is 1. The largest absolute Gasteiger partial charge is 0.389 e. The van der Waals surface area contributed by atoms with Gasteiger partial charge in [0.05, 0.1) is 17.6 Å². The Morgan fingerprint density at radius 2 is 2.10 bits per heavy atom. The van der Waals surface area contributed by atoms with Crippen LogP contribution in [-0.2, 0) is 10.3 Å². The summed E-state index contributed by atoms with van der Waals surface area (Å²) >= 11 is 1.56. The van der Waals surface area contributed by atoms with E-state index in [2.05, 4.69) is 10.3 Å². The molecule has 0 atom stereocenters. The van der Waals surface area contributed by atoms with Gasteiger partial charge in [0.25, 0.3) is 0 Å². The zero-order valence-corrected chi connectivity index (χ0v) is 13.3. The number of aliphatic hydroxyl groups is 1. The molecule has 1 aromatic heterocycles. The number of aromatic nitrogens is 1. The lowest BCUT2D eigenvalue weighted by atomic mass is 9.82. The quantitative estimate of drug-likeness (QED) is 0.898. The van der Waals surface area contributed by atoms with Crippen molar-refractivity contribution in [2.45, 2.75) is 70.4 Å². The van der Waals surface area contributed by atoms with Crippen LogP contribution in [0.15, 0.2) is 5.38 Å². The number of aryl methyl sites for hydroxylation is 1. The smallest absolute Gasteiger partial charge is 0.223 e. The second-order valence-corrected chi connectivity index (χ2v) is 7.29. The Labute approximate surface area is 124 Å². The maximum atomic E-state index is 12.2. The fourth-order valence-electron chi connectivity index (χ4n) is 2.77. The molecule has 1 heterocycles. The van der Waals surface area contributed by atoms with E-state index in [-0.39, 0.29) is 12.3 Å². The molecule has 0 spiro atoms. The molecule has 2 rings (SSSR count). The first-order valence-electron chi connectivity index (χ1n) is 7.27. The first-order valence-corrected chi connectivity index (χ1v) is 8.15. The highest BCUT2D eigenvalue weighted by molar-refractivity contribution is 7.09. The molecule has 1 aromatic rings. The third-order valence-electron chi connectivity index (χ3n) is 3.88. The van der Waals surface area contributed by atoms with E-state index >= 15 is 0 Å². The first kappa shape index (κ1) is 15.4. The normalized spacial score (nSPS) is 18.8. The summed E-state index contributed by atoms with van der Waals surface area (Å²) in [6, 6.07) is 0. The third-order valence-corrected chi connectivity index (χ3v) is 5.16. The molecule has 0 bridgehead atoms. The Bertz CT molecular complexity index is 476.